The third kappa shape index (κ3) is 4.40. The summed E-state index contributed by atoms with van der Waals surface area (Å²) in [6.45, 7) is -0.0756. The van der Waals surface area contributed by atoms with Gasteiger partial charge in [0.1, 0.15) is 17.5 Å². The van der Waals surface area contributed by atoms with Crippen molar-refractivity contribution >= 4 is 21.6 Å². The third-order valence-corrected chi connectivity index (χ3v) is 6.08. The molecule has 1 aliphatic heterocycles. The standard InChI is InChI=1S/C17H15ClF4N2O3S/c18-12-3-1-11(2-4-12)16(10-23-9-15(16)19)24-28(25,26)14-7-5-13(6-8-14)27-17(20,21)22/h1-8,15,23-24H,9-10H2/t15-,16+/m0/s1. The van der Waals surface area contributed by atoms with Crippen LogP contribution in [0.15, 0.2) is 53.4 Å². The Hall–Kier alpha value is -1.88. The first-order valence-electron chi connectivity index (χ1n) is 8.02. The summed E-state index contributed by atoms with van der Waals surface area (Å²) in [6, 6.07) is 9.72. The van der Waals surface area contributed by atoms with Crippen molar-refractivity contribution in [2.45, 2.75) is 23.0 Å². The van der Waals surface area contributed by atoms with Crippen LogP contribution in [0.2, 0.25) is 5.02 Å². The number of nitrogens with one attached hydrogen (secondary N) is 2. The topological polar surface area (TPSA) is 67.4 Å². The van der Waals surface area contributed by atoms with Gasteiger partial charge in [0, 0.05) is 18.1 Å². The molecule has 0 unspecified atom stereocenters. The van der Waals surface area contributed by atoms with Crippen molar-refractivity contribution in [1.82, 2.24) is 10.0 Å². The Morgan fingerprint density at radius 1 is 1.11 bits per heavy atom. The third-order valence-electron chi connectivity index (χ3n) is 4.31. The highest BCUT2D eigenvalue weighted by atomic mass is 35.5. The SMILES string of the molecule is O=S(=O)(N[C@@]1(c2ccc(Cl)cc2)CNC[C@@H]1F)c1ccc(OC(F)(F)F)cc1. The molecule has 1 aliphatic rings. The van der Waals surface area contributed by atoms with E-state index in [-0.39, 0.29) is 18.0 Å². The Morgan fingerprint density at radius 3 is 2.21 bits per heavy atom. The van der Waals surface area contributed by atoms with Crippen LogP contribution in [0, 0.1) is 0 Å². The van der Waals surface area contributed by atoms with Gasteiger partial charge in [-0.2, -0.15) is 4.72 Å². The quantitative estimate of drug-likeness (QED) is 0.703. The monoisotopic (exact) mass is 438 g/mol. The zero-order valence-electron chi connectivity index (χ0n) is 14.1. The highest BCUT2D eigenvalue weighted by Crippen LogP contribution is 2.33. The van der Waals surface area contributed by atoms with Crippen LogP contribution in [0.25, 0.3) is 0 Å². The fourth-order valence-electron chi connectivity index (χ4n) is 2.99. The van der Waals surface area contributed by atoms with Crippen molar-refractivity contribution < 1.29 is 30.7 Å². The number of ether oxygens (including phenoxy) is 1. The first-order valence-corrected chi connectivity index (χ1v) is 9.89. The molecule has 2 aromatic rings. The first-order chi connectivity index (χ1) is 13.0. The van der Waals surface area contributed by atoms with Crippen molar-refractivity contribution in [3.8, 4) is 5.75 Å². The van der Waals surface area contributed by atoms with Crippen molar-refractivity contribution in [2.24, 2.45) is 0 Å². The normalized spacial score (nSPS) is 23.0. The fourth-order valence-corrected chi connectivity index (χ4v) is 4.53. The molecule has 28 heavy (non-hydrogen) atoms. The number of hydrogen-bond donors (Lipinski definition) is 2. The van der Waals surface area contributed by atoms with Gasteiger partial charge < -0.3 is 10.1 Å². The Morgan fingerprint density at radius 2 is 1.71 bits per heavy atom. The molecule has 0 spiro atoms. The fraction of sp³-hybridized carbons (Fsp3) is 0.294. The molecule has 0 saturated carbocycles. The summed E-state index contributed by atoms with van der Waals surface area (Å²) >= 11 is 5.85. The van der Waals surface area contributed by atoms with Crippen LogP contribution in [-0.4, -0.2) is 34.0 Å². The van der Waals surface area contributed by atoms with E-state index in [2.05, 4.69) is 14.8 Å². The summed E-state index contributed by atoms with van der Waals surface area (Å²) in [6.07, 6.45) is -6.47. The van der Waals surface area contributed by atoms with E-state index < -0.39 is 33.8 Å². The van der Waals surface area contributed by atoms with Crippen LogP contribution in [-0.2, 0) is 15.6 Å². The molecular weight excluding hydrogens is 424 g/mol. The van der Waals surface area contributed by atoms with Crippen LogP contribution in [0.1, 0.15) is 5.56 Å². The van der Waals surface area contributed by atoms with Gasteiger partial charge >= 0.3 is 6.36 Å². The number of sulfonamides is 1. The molecule has 152 valence electrons. The first kappa shape index (κ1) is 20.8. The lowest BCUT2D eigenvalue weighted by Gasteiger charge is -2.32. The average molecular weight is 439 g/mol. The molecule has 0 bridgehead atoms. The predicted molar refractivity (Wildman–Crippen MR) is 94.3 cm³/mol. The van der Waals surface area contributed by atoms with Gasteiger partial charge in [-0.3, -0.25) is 0 Å². The minimum atomic E-state index is -4.89. The van der Waals surface area contributed by atoms with E-state index in [1.165, 1.54) is 24.3 Å². The highest BCUT2D eigenvalue weighted by molar-refractivity contribution is 7.89. The number of halogens is 5. The zero-order chi connectivity index (χ0) is 20.6. The molecule has 1 heterocycles. The van der Waals surface area contributed by atoms with E-state index in [1.54, 1.807) is 0 Å². The minimum absolute atomic E-state index is 0.00963. The van der Waals surface area contributed by atoms with E-state index in [4.69, 9.17) is 11.6 Å². The van der Waals surface area contributed by atoms with Crippen LogP contribution < -0.4 is 14.8 Å². The van der Waals surface area contributed by atoms with Crippen molar-refractivity contribution in [2.75, 3.05) is 13.1 Å². The van der Waals surface area contributed by atoms with Crippen molar-refractivity contribution in [3.63, 3.8) is 0 Å². The molecule has 1 fully saturated rings. The molecule has 2 atom stereocenters. The van der Waals surface area contributed by atoms with E-state index in [0.717, 1.165) is 24.3 Å². The smallest absolute Gasteiger partial charge is 0.406 e. The maximum atomic E-state index is 14.8. The van der Waals surface area contributed by atoms with Gasteiger partial charge in [0.15, 0.2) is 0 Å². The van der Waals surface area contributed by atoms with E-state index in [0.29, 0.717) is 10.6 Å². The second-order valence-electron chi connectivity index (χ2n) is 6.20. The maximum absolute atomic E-state index is 14.8. The molecule has 0 amide bonds. The molecule has 0 radical (unpaired) electrons. The zero-order valence-corrected chi connectivity index (χ0v) is 15.7. The Balaban J connectivity index is 1.91. The Kier molecular flexibility index (Phi) is 5.59. The van der Waals surface area contributed by atoms with Gasteiger partial charge in [0.25, 0.3) is 0 Å². The number of benzene rings is 2. The van der Waals surface area contributed by atoms with Crippen LogP contribution in [0.5, 0.6) is 5.75 Å². The summed E-state index contributed by atoms with van der Waals surface area (Å²) < 4.78 is 83.1. The molecule has 3 rings (SSSR count). The lowest BCUT2D eigenvalue weighted by molar-refractivity contribution is -0.274. The molecule has 11 heteroatoms. The number of alkyl halides is 4. The second-order valence-corrected chi connectivity index (χ2v) is 8.32. The summed E-state index contributed by atoms with van der Waals surface area (Å²) in [7, 11) is -4.25. The Bertz CT molecular complexity index is 936. The van der Waals surface area contributed by atoms with Gasteiger partial charge in [-0.15, -0.1) is 13.2 Å². The van der Waals surface area contributed by atoms with Crippen LogP contribution in [0.4, 0.5) is 17.6 Å². The minimum Gasteiger partial charge on any atom is -0.406 e. The molecule has 2 aromatic carbocycles. The van der Waals surface area contributed by atoms with Crippen molar-refractivity contribution in [3.05, 3.63) is 59.1 Å². The largest absolute Gasteiger partial charge is 0.573 e. The van der Waals surface area contributed by atoms with E-state index in [9.17, 15) is 26.0 Å². The van der Waals surface area contributed by atoms with E-state index in [1.807, 2.05) is 0 Å². The summed E-state index contributed by atoms with van der Waals surface area (Å²) in [5, 5.41) is 3.21. The molecule has 0 aromatic heterocycles. The predicted octanol–water partition coefficient (Wildman–Crippen LogP) is 3.35. The van der Waals surface area contributed by atoms with Gasteiger partial charge in [-0.25, -0.2) is 12.8 Å². The van der Waals surface area contributed by atoms with Crippen molar-refractivity contribution in [1.29, 1.82) is 0 Å². The van der Waals surface area contributed by atoms with Gasteiger partial charge in [-0.1, -0.05) is 23.7 Å². The Labute approximate surface area is 163 Å². The lowest BCUT2D eigenvalue weighted by atomic mass is 9.89. The summed E-state index contributed by atoms with van der Waals surface area (Å²) in [5.74, 6) is -0.565. The molecular formula is C17H15ClF4N2O3S. The molecule has 0 aliphatic carbocycles. The lowest BCUT2D eigenvalue weighted by Crippen LogP contribution is -2.52. The van der Waals surface area contributed by atoms with Gasteiger partial charge in [-0.05, 0) is 42.0 Å². The number of hydrogen-bond acceptors (Lipinski definition) is 4. The summed E-state index contributed by atoms with van der Waals surface area (Å²) in [4.78, 5) is -0.325. The highest BCUT2D eigenvalue weighted by Gasteiger charge is 2.48. The van der Waals surface area contributed by atoms with Crippen LogP contribution >= 0.6 is 11.6 Å². The molecule has 2 N–H and O–H groups in total. The average Bonchev–Trinajstić information content (AvgIpc) is 2.95. The van der Waals surface area contributed by atoms with Gasteiger partial charge in [0.2, 0.25) is 10.0 Å². The van der Waals surface area contributed by atoms with Crippen LogP contribution in [0.3, 0.4) is 0 Å². The molecule has 5 nitrogen and oxygen atoms in total. The maximum Gasteiger partial charge on any atom is 0.573 e. The van der Waals surface area contributed by atoms with Gasteiger partial charge in [0.05, 0.1) is 4.90 Å². The number of rotatable bonds is 5. The van der Waals surface area contributed by atoms with E-state index >= 15 is 0 Å². The summed E-state index contributed by atoms with van der Waals surface area (Å²) in [5.41, 5.74) is -1.21. The second kappa shape index (κ2) is 7.51. The molecule has 1 saturated heterocycles.